The van der Waals surface area contributed by atoms with Gasteiger partial charge in [0.2, 0.25) is 0 Å². The van der Waals surface area contributed by atoms with Crippen LogP contribution in [0.2, 0.25) is 0 Å². The van der Waals surface area contributed by atoms with E-state index in [2.05, 4.69) is 18.7 Å². The van der Waals surface area contributed by atoms with Crippen molar-refractivity contribution in [3.63, 3.8) is 0 Å². The third-order valence-electron chi connectivity index (χ3n) is 4.21. The van der Waals surface area contributed by atoms with Crippen molar-refractivity contribution in [2.75, 3.05) is 31.6 Å². The molecule has 1 aromatic rings. The van der Waals surface area contributed by atoms with Crippen LogP contribution in [0.4, 0.5) is 10.5 Å². The summed E-state index contributed by atoms with van der Waals surface area (Å²) in [6, 6.07) is 5.71. The Morgan fingerprint density at radius 2 is 1.86 bits per heavy atom. The minimum atomic E-state index is -0.686. The van der Waals surface area contributed by atoms with E-state index in [4.69, 9.17) is 9.47 Å². The number of carbonyl (C=O) groups excluding carboxylic acids is 3. The summed E-state index contributed by atoms with van der Waals surface area (Å²) in [4.78, 5) is 40.2. The molecule has 0 aromatic heterocycles. The van der Waals surface area contributed by atoms with Crippen LogP contribution in [0.5, 0.6) is 5.75 Å². The van der Waals surface area contributed by atoms with E-state index in [-0.39, 0.29) is 4.91 Å². The first-order valence-electron chi connectivity index (χ1n) is 9.49. The molecule has 0 spiro atoms. The molecule has 1 aromatic carbocycles. The third kappa shape index (κ3) is 5.76. The highest BCUT2D eigenvalue weighted by Crippen LogP contribution is 2.35. The number of nitrogens with zero attached hydrogens (tertiary/aromatic N) is 2. The van der Waals surface area contributed by atoms with Crippen molar-refractivity contribution in [1.82, 2.24) is 4.90 Å². The van der Waals surface area contributed by atoms with Gasteiger partial charge in [-0.1, -0.05) is 0 Å². The zero-order valence-corrected chi connectivity index (χ0v) is 18.6. The molecule has 0 aliphatic carbocycles. The number of anilines is 1. The fraction of sp³-hybridized carbons (Fsp3) is 0.476. The molecule has 1 fully saturated rings. The average Bonchev–Trinajstić information content (AvgIpc) is 2.89. The quantitative estimate of drug-likeness (QED) is 0.489. The predicted molar refractivity (Wildman–Crippen MR) is 115 cm³/mol. The number of hydrogen-bond donors (Lipinski definition) is 0. The van der Waals surface area contributed by atoms with E-state index in [0.29, 0.717) is 11.3 Å². The number of rotatable bonds is 7. The number of carbonyl (C=O) groups is 3. The molecule has 2 amide bonds. The molecular formula is C21H28N2O5S. The Kier molecular flexibility index (Phi) is 7.35. The summed E-state index contributed by atoms with van der Waals surface area (Å²) < 4.78 is 10.7. The number of thioether (sulfide) groups is 1. The Labute approximate surface area is 176 Å². The molecule has 0 unspecified atom stereocenters. The van der Waals surface area contributed by atoms with Gasteiger partial charge in [0.25, 0.3) is 11.1 Å². The van der Waals surface area contributed by atoms with Crippen LogP contribution < -0.4 is 9.64 Å². The van der Waals surface area contributed by atoms with E-state index in [1.807, 2.05) is 18.2 Å². The number of imide groups is 1. The minimum absolute atomic E-state index is 0.243. The Balaban J connectivity index is 2.23. The first-order valence-corrected chi connectivity index (χ1v) is 10.3. The smallest absolute Gasteiger partial charge is 0.326 e. The first kappa shape index (κ1) is 22.8. The lowest BCUT2D eigenvalue weighted by molar-refractivity contribution is -0.156. The number of amides is 2. The van der Waals surface area contributed by atoms with Gasteiger partial charge < -0.3 is 14.4 Å². The summed E-state index contributed by atoms with van der Waals surface area (Å²) in [5, 5.41) is -0.495. The fourth-order valence-corrected chi connectivity index (χ4v) is 3.71. The lowest BCUT2D eigenvalue weighted by Crippen LogP contribution is -2.37. The van der Waals surface area contributed by atoms with Crippen molar-refractivity contribution in [3.05, 3.63) is 28.7 Å². The second-order valence-electron chi connectivity index (χ2n) is 7.45. The molecule has 158 valence electrons. The second kappa shape index (κ2) is 9.35. The van der Waals surface area contributed by atoms with Gasteiger partial charge in [-0.15, -0.1) is 0 Å². The van der Waals surface area contributed by atoms with Gasteiger partial charge >= 0.3 is 5.97 Å². The summed E-state index contributed by atoms with van der Waals surface area (Å²) in [5.41, 5.74) is 1.02. The standard InChI is InChI=1S/C21H28N2O5S/c1-7-22(8-2)15-10-9-14(16(12-15)27-6)11-17-19(25)23(20(26)29-17)13-18(24)28-21(3,4)5/h9-12H,7-8,13H2,1-6H3. The number of methoxy groups -OCH3 is 1. The predicted octanol–water partition coefficient (Wildman–Crippen LogP) is 3.92. The Morgan fingerprint density at radius 1 is 1.21 bits per heavy atom. The largest absolute Gasteiger partial charge is 0.496 e. The molecule has 0 saturated carbocycles. The van der Waals surface area contributed by atoms with Gasteiger partial charge in [-0.3, -0.25) is 19.3 Å². The lowest BCUT2D eigenvalue weighted by Gasteiger charge is -2.22. The van der Waals surface area contributed by atoms with Crippen LogP contribution in [0, 0.1) is 0 Å². The van der Waals surface area contributed by atoms with Crippen LogP contribution in [0.3, 0.4) is 0 Å². The molecule has 1 heterocycles. The molecule has 1 saturated heterocycles. The molecule has 0 radical (unpaired) electrons. The minimum Gasteiger partial charge on any atom is -0.496 e. The van der Waals surface area contributed by atoms with Gasteiger partial charge in [0.15, 0.2) is 0 Å². The highest BCUT2D eigenvalue weighted by atomic mass is 32.2. The summed E-state index contributed by atoms with van der Waals surface area (Å²) in [6.45, 7) is 10.7. The zero-order chi connectivity index (χ0) is 21.8. The van der Waals surface area contributed by atoms with Crippen molar-refractivity contribution in [2.24, 2.45) is 0 Å². The van der Waals surface area contributed by atoms with E-state index in [1.165, 1.54) is 0 Å². The van der Waals surface area contributed by atoms with E-state index in [0.717, 1.165) is 35.4 Å². The molecule has 0 atom stereocenters. The van der Waals surface area contributed by atoms with E-state index < -0.39 is 29.3 Å². The molecule has 0 N–H and O–H groups in total. The maximum absolute atomic E-state index is 12.6. The van der Waals surface area contributed by atoms with Gasteiger partial charge in [-0.05, 0) is 64.6 Å². The van der Waals surface area contributed by atoms with Gasteiger partial charge in [0, 0.05) is 30.4 Å². The van der Waals surface area contributed by atoms with Crippen LogP contribution in [0.1, 0.15) is 40.2 Å². The zero-order valence-electron chi connectivity index (χ0n) is 17.8. The summed E-state index contributed by atoms with van der Waals surface area (Å²) in [5.74, 6) is -0.531. The average molecular weight is 421 g/mol. The van der Waals surface area contributed by atoms with Gasteiger partial charge in [-0.2, -0.15) is 0 Å². The van der Waals surface area contributed by atoms with Gasteiger partial charge in [0.1, 0.15) is 17.9 Å². The van der Waals surface area contributed by atoms with Crippen LogP contribution in [0.15, 0.2) is 23.1 Å². The summed E-state index contributed by atoms with van der Waals surface area (Å²) >= 11 is 0.800. The third-order valence-corrected chi connectivity index (χ3v) is 5.12. The molecule has 0 bridgehead atoms. The monoisotopic (exact) mass is 420 g/mol. The van der Waals surface area contributed by atoms with Crippen molar-refractivity contribution < 1.29 is 23.9 Å². The lowest BCUT2D eigenvalue weighted by atomic mass is 10.1. The van der Waals surface area contributed by atoms with Crippen molar-refractivity contribution in [2.45, 2.75) is 40.2 Å². The van der Waals surface area contributed by atoms with Crippen LogP contribution in [-0.4, -0.2) is 54.4 Å². The topological polar surface area (TPSA) is 76.2 Å². The summed E-state index contributed by atoms with van der Waals surface area (Å²) in [7, 11) is 1.56. The molecule has 7 nitrogen and oxygen atoms in total. The van der Waals surface area contributed by atoms with E-state index >= 15 is 0 Å². The molecule has 1 aliphatic heterocycles. The Morgan fingerprint density at radius 3 is 2.41 bits per heavy atom. The normalized spacial score (nSPS) is 15.8. The Hall–Kier alpha value is -2.48. The van der Waals surface area contributed by atoms with E-state index in [9.17, 15) is 14.4 Å². The molecule has 1 aliphatic rings. The maximum Gasteiger partial charge on any atom is 0.326 e. The first-order chi connectivity index (χ1) is 13.6. The molecule has 2 rings (SSSR count). The fourth-order valence-electron chi connectivity index (χ4n) is 2.88. The van der Waals surface area contributed by atoms with Crippen molar-refractivity contribution in [3.8, 4) is 5.75 Å². The van der Waals surface area contributed by atoms with Crippen molar-refractivity contribution >= 4 is 40.6 Å². The Bertz CT molecular complexity index is 825. The van der Waals surface area contributed by atoms with Crippen LogP contribution in [0.25, 0.3) is 6.08 Å². The summed E-state index contributed by atoms with van der Waals surface area (Å²) in [6.07, 6.45) is 1.62. The van der Waals surface area contributed by atoms with Crippen LogP contribution in [-0.2, 0) is 14.3 Å². The van der Waals surface area contributed by atoms with Crippen molar-refractivity contribution in [1.29, 1.82) is 0 Å². The van der Waals surface area contributed by atoms with Gasteiger partial charge in [-0.25, -0.2) is 0 Å². The highest BCUT2D eigenvalue weighted by molar-refractivity contribution is 8.18. The molecule has 8 heteroatoms. The molecule has 29 heavy (non-hydrogen) atoms. The second-order valence-corrected chi connectivity index (χ2v) is 8.45. The van der Waals surface area contributed by atoms with Gasteiger partial charge in [0.05, 0.1) is 12.0 Å². The number of esters is 1. The van der Waals surface area contributed by atoms with Crippen LogP contribution >= 0.6 is 11.8 Å². The number of ether oxygens (including phenoxy) is 2. The number of hydrogen-bond acceptors (Lipinski definition) is 7. The highest BCUT2D eigenvalue weighted by Gasteiger charge is 2.37. The SMILES string of the molecule is CCN(CC)c1ccc(C=C2SC(=O)N(CC(=O)OC(C)(C)C)C2=O)c(OC)c1. The maximum atomic E-state index is 12.6. The number of benzene rings is 1. The molecular weight excluding hydrogens is 392 g/mol. The van der Waals surface area contributed by atoms with E-state index in [1.54, 1.807) is 34.0 Å².